The maximum atomic E-state index is 13.3. The van der Waals surface area contributed by atoms with Crippen LogP contribution in [0.1, 0.15) is 41.2 Å². The van der Waals surface area contributed by atoms with E-state index in [-0.39, 0.29) is 16.8 Å². The van der Waals surface area contributed by atoms with Gasteiger partial charge in [-0.3, -0.25) is 9.48 Å². The molecule has 0 aliphatic heterocycles. The summed E-state index contributed by atoms with van der Waals surface area (Å²) in [5, 5.41) is 7.19. The fraction of sp³-hybridized carbons (Fsp3) is 0.412. The van der Waals surface area contributed by atoms with Gasteiger partial charge in [0.1, 0.15) is 17.2 Å². The molecule has 126 valence electrons. The van der Waals surface area contributed by atoms with Crippen LogP contribution in [0.3, 0.4) is 0 Å². The Morgan fingerprint density at radius 3 is 2.75 bits per heavy atom. The Morgan fingerprint density at radius 1 is 1.38 bits per heavy atom. The van der Waals surface area contributed by atoms with E-state index >= 15 is 0 Å². The van der Waals surface area contributed by atoms with E-state index in [9.17, 15) is 9.18 Å². The number of amides is 1. The van der Waals surface area contributed by atoms with Gasteiger partial charge in [0.05, 0.1) is 10.7 Å². The van der Waals surface area contributed by atoms with Gasteiger partial charge in [-0.05, 0) is 49.3 Å². The van der Waals surface area contributed by atoms with Crippen LogP contribution in [0.15, 0.2) is 18.2 Å². The first kappa shape index (κ1) is 15.4. The lowest BCUT2D eigenvalue weighted by atomic mass is 9.96. The summed E-state index contributed by atoms with van der Waals surface area (Å²) in [5.74, 6) is 1.33. The first-order valence-electron chi connectivity index (χ1n) is 8.02. The predicted molar refractivity (Wildman–Crippen MR) is 90.6 cm³/mol. The van der Waals surface area contributed by atoms with E-state index in [1.54, 1.807) is 11.7 Å². The van der Waals surface area contributed by atoms with Crippen molar-refractivity contribution >= 4 is 29.0 Å². The van der Waals surface area contributed by atoms with Crippen LogP contribution in [0.2, 0.25) is 5.02 Å². The highest BCUT2D eigenvalue weighted by molar-refractivity contribution is 6.31. The number of nitrogens with one attached hydrogen (secondary N) is 1. The highest BCUT2D eigenvalue weighted by Gasteiger charge is 2.48. The molecular formula is C17H18ClFN4O. The van der Waals surface area contributed by atoms with Gasteiger partial charge in [0.2, 0.25) is 0 Å². The number of rotatable bonds is 3. The highest BCUT2D eigenvalue weighted by atomic mass is 35.5. The second-order valence-corrected chi connectivity index (χ2v) is 7.18. The molecule has 2 unspecified atom stereocenters. The molecule has 0 bridgehead atoms. The van der Waals surface area contributed by atoms with E-state index in [1.165, 1.54) is 24.6 Å². The molecule has 5 nitrogen and oxygen atoms in total. The maximum absolute atomic E-state index is 13.3. The molecule has 2 fully saturated rings. The third kappa shape index (κ3) is 2.55. The second kappa shape index (κ2) is 5.48. The number of nitrogen functional groups attached to an aromatic ring is 1. The molecule has 2 atom stereocenters. The van der Waals surface area contributed by atoms with Crippen molar-refractivity contribution in [2.75, 3.05) is 11.1 Å². The third-order valence-electron chi connectivity index (χ3n) is 5.15. The number of hydrogen-bond donors (Lipinski definition) is 2. The zero-order valence-electron chi connectivity index (χ0n) is 13.2. The number of hydrogen-bond acceptors (Lipinski definition) is 3. The van der Waals surface area contributed by atoms with Crippen molar-refractivity contribution in [3.63, 3.8) is 0 Å². The number of benzene rings is 1. The van der Waals surface area contributed by atoms with Crippen molar-refractivity contribution in [3.8, 4) is 0 Å². The molecule has 24 heavy (non-hydrogen) atoms. The Kier molecular flexibility index (Phi) is 3.53. The van der Waals surface area contributed by atoms with Crippen molar-refractivity contribution in [1.82, 2.24) is 9.78 Å². The van der Waals surface area contributed by atoms with Gasteiger partial charge in [0, 0.05) is 18.7 Å². The van der Waals surface area contributed by atoms with Gasteiger partial charge in [-0.15, -0.1) is 0 Å². The Balaban J connectivity index is 1.62. The first-order chi connectivity index (χ1) is 11.4. The molecule has 3 N–H and O–H groups in total. The van der Waals surface area contributed by atoms with Crippen LogP contribution >= 0.6 is 11.6 Å². The Bertz CT molecular complexity index is 824. The van der Waals surface area contributed by atoms with Crippen LogP contribution in [0.4, 0.5) is 15.9 Å². The van der Waals surface area contributed by atoms with Gasteiger partial charge in [0.25, 0.3) is 5.91 Å². The molecule has 2 aliphatic rings. The summed E-state index contributed by atoms with van der Waals surface area (Å²) in [6.45, 7) is 0. The summed E-state index contributed by atoms with van der Waals surface area (Å²) in [7, 11) is 1.74. The number of nitrogens with two attached hydrogens (primary N) is 1. The molecule has 4 rings (SSSR count). The van der Waals surface area contributed by atoms with E-state index in [4.69, 9.17) is 17.3 Å². The molecule has 7 heteroatoms. The van der Waals surface area contributed by atoms with Gasteiger partial charge >= 0.3 is 0 Å². The smallest absolute Gasteiger partial charge is 0.261 e. The van der Waals surface area contributed by atoms with Gasteiger partial charge in [-0.25, -0.2) is 4.39 Å². The molecule has 0 radical (unpaired) electrons. The first-order valence-corrected chi connectivity index (χ1v) is 8.40. The Hall–Kier alpha value is -2.08. The predicted octanol–water partition coefficient (Wildman–Crippen LogP) is 3.56. The van der Waals surface area contributed by atoms with E-state index in [0.717, 1.165) is 30.4 Å². The molecule has 2 aliphatic carbocycles. The lowest BCUT2D eigenvalue weighted by Gasteiger charge is -2.12. The summed E-state index contributed by atoms with van der Waals surface area (Å²) in [6.07, 6.45) is 3.45. The molecule has 1 aromatic carbocycles. The molecule has 1 heterocycles. The topological polar surface area (TPSA) is 72.9 Å². The van der Waals surface area contributed by atoms with E-state index in [2.05, 4.69) is 10.4 Å². The van der Waals surface area contributed by atoms with Crippen molar-refractivity contribution in [1.29, 1.82) is 0 Å². The minimum Gasteiger partial charge on any atom is -0.383 e. The molecular weight excluding hydrogens is 331 g/mol. The van der Waals surface area contributed by atoms with Gasteiger partial charge < -0.3 is 11.1 Å². The zero-order chi connectivity index (χ0) is 17.0. The standard InChI is InChI=1S/C17H18ClFN4O/c1-23-16(20)14(15(22-23)10-5-8-4-9(8)6-10)17(24)21-11-2-3-13(19)12(18)7-11/h2-3,7-10H,4-6,20H2,1H3,(H,21,24). The largest absolute Gasteiger partial charge is 0.383 e. The molecule has 1 amide bonds. The SMILES string of the molecule is Cn1nc(C2CC3CC3C2)c(C(=O)Nc2ccc(F)c(Cl)c2)c1N. The molecule has 2 saturated carbocycles. The van der Waals surface area contributed by atoms with E-state index in [1.807, 2.05) is 0 Å². The fourth-order valence-electron chi connectivity index (χ4n) is 3.78. The second-order valence-electron chi connectivity index (χ2n) is 6.78. The summed E-state index contributed by atoms with van der Waals surface area (Å²) in [5.41, 5.74) is 7.70. The summed E-state index contributed by atoms with van der Waals surface area (Å²) in [6, 6.07) is 4.07. The highest BCUT2D eigenvalue weighted by Crippen LogP contribution is 2.57. The molecule has 2 aromatic rings. The van der Waals surface area contributed by atoms with E-state index < -0.39 is 5.82 Å². The van der Waals surface area contributed by atoms with Crippen LogP contribution in [-0.2, 0) is 7.05 Å². The van der Waals surface area contributed by atoms with Gasteiger partial charge in [-0.1, -0.05) is 11.6 Å². The quantitative estimate of drug-likeness (QED) is 0.890. The molecule has 0 spiro atoms. The van der Waals surface area contributed by atoms with Gasteiger partial charge in [-0.2, -0.15) is 5.10 Å². The van der Waals surface area contributed by atoms with Crippen molar-refractivity contribution in [2.24, 2.45) is 18.9 Å². The van der Waals surface area contributed by atoms with Crippen LogP contribution < -0.4 is 11.1 Å². The number of nitrogens with zero attached hydrogens (tertiary/aromatic N) is 2. The van der Waals surface area contributed by atoms with Crippen LogP contribution in [0.25, 0.3) is 0 Å². The number of carbonyl (C=O) groups excluding carboxylic acids is 1. The lowest BCUT2D eigenvalue weighted by Crippen LogP contribution is -2.16. The molecule has 0 saturated heterocycles. The average molecular weight is 349 g/mol. The van der Waals surface area contributed by atoms with Crippen LogP contribution in [0, 0.1) is 17.7 Å². The van der Waals surface area contributed by atoms with Gasteiger partial charge in [0.15, 0.2) is 0 Å². The number of anilines is 2. The Labute approximate surface area is 144 Å². The minimum absolute atomic E-state index is 0.0388. The summed E-state index contributed by atoms with van der Waals surface area (Å²) in [4.78, 5) is 12.7. The Morgan fingerprint density at radius 2 is 2.08 bits per heavy atom. The maximum Gasteiger partial charge on any atom is 0.261 e. The van der Waals surface area contributed by atoms with Crippen LogP contribution in [-0.4, -0.2) is 15.7 Å². The van der Waals surface area contributed by atoms with Crippen molar-refractivity contribution in [2.45, 2.75) is 25.2 Å². The molecule has 1 aromatic heterocycles. The fourth-order valence-corrected chi connectivity index (χ4v) is 3.96. The number of aromatic nitrogens is 2. The number of carbonyl (C=O) groups is 1. The van der Waals surface area contributed by atoms with Crippen molar-refractivity contribution < 1.29 is 9.18 Å². The summed E-state index contributed by atoms with van der Waals surface area (Å²) < 4.78 is 14.8. The minimum atomic E-state index is -0.526. The summed E-state index contributed by atoms with van der Waals surface area (Å²) >= 11 is 5.77. The monoisotopic (exact) mass is 348 g/mol. The number of halogens is 2. The van der Waals surface area contributed by atoms with Crippen molar-refractivity contribution in [3.05, 3.63) is 40.3 Å². The number of fused-ring (bicyclic) bond motifs is 1. The third-order valence-corrected chi connectivity index (χ3v) is 5.44. The zero-order valence-corrected chi connectivity index (χ0v) is 14.0. The number of aryl methyl sites for hydroxylation is 1. The average Bonchev–Trinajstić information content (AvgIpc) is 3.02. The lowest BCUT2D eigenvalue weighted by molar-refractivity contribution is 0.102. The normalized spacial score (nSPS) is 24.7. The van der Waals surface area contributed by atoms with Crippen LogP contribution in [0.5, 0.6) is 0 Å². The van der Waals surface area contributed by atoms with E-state index in [0.29, 0.717) is 17.1 Å².